The third-order valence-corrected chi connectivity index (χ3v) is 3.40. The second-order valence-corrected chi connectivity index (χ2v) is 5.03. The largest absolute Gasteiger partial charge is 0.479 e. The number of carbonyl (C=O) groups is 1. The fourth-order valence-electron chi connectivity index (χ4n) is 2.01. The highest BCUT2D eigenvalue weighted by Gasteiger charge is 2.35. The van der Waals surface area contributed by atoms with Crippen LogP contribution in [0.25, 0.3) is 0 Å². The smallest absolute Gasteiger partial charge is 0.333 e. The molecule has 0 aromatic heterocycles. The zero-order valence-electron chi connectivity index (χ0n) is 11.7. The van der Waals surface area contributed by atoms with Crippen molar-refractivity contribution in [2.45, 2.75) is 19.4 Å². The summed E-state index contributed by atoms with van der Waals surface area (Å²) in [6.07, 6.45) is 0. The second kappa shape index (κ2) is 5.52. The van der Waals surface area contributed by atoms with Gasteiger partial charge in [-0.1, -0.05) is 18.2 Å². The van der Waals surface area contributed by atoms with E-state index in [2.05, 4.69) is 5.32 Å². The maximum Gasteiger partial charge on any atom is 0.333 e. The number of carboxylic acid groups (broad SMARTS) is 1. The minimum Gasteiger partial charge on any atom is -0.479 e. The molecule has 0 amide bonds. The van der Waals surface area contributed by atoms with Gasteiger partial charge in [-0.25, -0.2) is 13.6 Å². The van der Waals surface area contributed by atoms with E-state index in [0.29, 0.717) is 11.3 Å². The third kappa shape index (κ3) is 3.02. The highest BCUT2D eigenvalue weighted by Crippen LogP contribution is 2.28. The van der Waals surface area contributed by atoms with E-state index < -0.39 is 23.1 Å². The summed E-state index contributed by atoms with van der Waals surface area (Å²) in [6, 6.07) is 9.69. The van der Waals surface area contributed by atoms with Gasteiger partial charge in [-0.3, -0.25) is 0 Å². The van der Waals surface area contributed by atoms with Crippen LogP contribution >= 0.6 is 0 Å². The van der Waals surface area contributed by atoms with E-state index >= 15 is 0 Å². The number of nitrogens with one attached hydrogen (secondary N) is 1. The SMILES string of the molecule is Cc1ccc(C(C)(Nc2cccc(F)c2)C(=O)O)cc1F. The fourth-order valence-corrected chi connectivity index (χ4v) is 2.01. The summed E-state index contributed by atoms with van der Waals surface area (Å²) in [5.41, 5.74) is -0.581. The van der Waals surface area contributed by atoms with Crippen molar-refractivity contribution in [3.05, 3.63) is 65.2 Å². The lowest BCUT2D eigenvalue weighted by Crippen LogP contribution is -2.40. The molecule has 2 aromatic rings. The van der Waals surface area contributed by atoms with Crippen LogP contribution in [0.1, 0.15) is 18.1 Å². The quantitative estimate of drug-likeness (QED) is 0.903. The highest BCUT2D eigenvalue weighted by molar-refractivity contribution is 5.84. The molecule has 0 aliphatic heterocycles. The number of benzene rings is 2. The Hall–Kier alpha value is -2.43. The topological polar surface area (TPSA) is 49.3 Å². The molecular weight excluding hydrogens is 276 g/mol. The second-order valence-electron chi connectivity index (χ2n) is 5.03. The molecule has 1 atom stereocenters. The van der Waals surface area contributed by atoms with Crippen molar-refractivity contribution < 1.29 is 18.7 Å². The van der Waals surface area contributed by atoms with Crippen molar-refractivity contribution in [1.82, 2.24) is 0 Å². The van der Waals surface area contributed by atoms with Gasteiger partial charge >= 0.3 is 5.97 Å². The van der Waals surface area contributed by atoms with E-state index in [1.807, 2.05) is 0 Å². The molecule has 0 bridgehead atoms. The molecule has 110 valence electrons. The van der Waals surface area contributed by atoms with Crippen molar-refractivity contribution in [2.24, 2.45) is 0 Å². The molecule has 0 fully saturated rings. The van der Waals surface area contributed by atoms with Crippen LogP contribution in [0.15, 0.2) is 42.5 Å². The Kier molecular flexibility index (Phi) is 3.93. The standard InChI is InChI=1S/C16H15F2NO2/c1-10-6-7-11(8-14(10)18)16(2,15(20)21)19-13-5-3-4-12(17)9-13/h3-9,19H,1-2H3,(H,20,21). The van der Waals surface area contributed by atoms with E-state index in [0.717, 1.165) is 0 Å². The first-order chi connectivity index (χ1) is 9.83. The lowest BCUT2D eigenvalue weighted by Gasteiger charge is -2.28. The summed E-state index contributed by atoms with van der Waals surface area (Å²) in [5, 5.41) is 12.3. The van der Waals surface area contributed by atoms with Crippen LogP contribution in [0.2, 0.25) is 0 Å². The summed E-state index contributed by atoms with van der Waals surface area (Å²) in [5.74, 6) is -2.15. The zero-order chi connectivity index (χ0) is 15.6. The van der Waals surface area contributed by atoms with Crippen molar-refractivity contribution in [2.75, 3.05) is 5.32 Å². The van der Waals surface area contributed by atoms with Gasteiger partial charge in [0.05, 0.1) is 0 Å². The molecule has 1 unspecified atom stereocenters. The molecule has 0 heterocycles. The van der Waals surface area contributed by atoms with Gasteiger partial charge < -0.3 is 10.4 Å². The van der Waals surface area contributed by atoms with Crippen LogP contribution < -0.4 is 5.32 Å². The van der Waals surface area contributed by atoms with Crippen LogP contribution in [-0.2, 0) is 10.3 Å². The van der Waals surface area contributed by atoms with Gasteiger partial charge in [-0.05, 0) is 49.2 Å². The number of aliphatic carboxylic acids is 1. The van der Waals surface area contributed by atoms with E-state index in [1.54, 1.807) is 19.1 Å². The fraction of sp³-hybridized carbons (Fsp3) is 0.188. The van der Waals surface area contributed by atoms with Gasteiger partial charge in [-0.2, -0.15) is 0 Å². The predicted molar refractivity (Wildman–Crippen MR) is 76.1 cm³/mol. The van der Waals surface area contributed by atoms with Gasteiger partial charge in [0.25, 0.3) is 0 Å². The molecule has 3 nitrogen and oxygen atoms in total. The van der Waals surface area contributed by atoms with E-state index in [1.165, 1.54) is 37.3 Å². The maximum atomic E-state index is 13.7. The first kappa shape index (κ1) is 15.0. The number of halogens is 2. The molecule has 2 N–H and O–H groups in total. The maximum absolute atomic E-state index is 13.7. The summed E-state index contributed by atoms with van der Waals surface area (Å²) in [4.78, 5) is 11.6. The molecule has 2 aromatic carbocycles. The number of hydrogen-bond donors (Lipinski definition) is 2. The minimum atomic E-state index is -1.57. The van der Waals surface area contributed by atoms with Gasteiger partial charge in [0.2, 0.25) is 0 Å². The van der Waals surface area contributed by atoms with E-state index in [-0.39, 0.29) is 5.56 Å². The third-order valence-electron chi connectivity index (χ3n) is 3.40. The molecule has 2 rings (SSSR count). The Morgan fingerprint density at radius 1 is 1.19 bits per heavy atom. The molecular formula is C16H15F2NO2. The van der Waals surface area contributed by atoms with Crippen molar-refractivity contribution in [3.8, 4) is 0 Å². The average Bonchev–Trinajstić information content (AvgIpc) is 2.41. The number of aryl methyl sites for hydroxylation is 1. The van der Waals surface area contributed by atoms with Crippen molar-refractivity contribution >= 4 is 11.7 Å². The van der Waals surface area contributed by atoms with E-state index in [9.17, 15) is 18.7 Å². The highest BCUT2D eigenvalue weighted by atomic mass is 19.1. The lowest BCUT2D eigenvalue weighted by atomic mass is 9.90. The van der Waals surface area contributed by atoms with Crippen LogP contribution in [0.5, 0.6) is 0 Å². The normalized spacial score (nSPS) is 13.5. The van der Waals surface area contributed by atoms with Crippen molar-refractivity contribution in [1.29, 1.82) is 0 Å². The van der Waals surface area contributed by atoms with Crippen LogP contribution in [0, 0.1) is 18.6 Å². The summed E-state index contributed by atoms with van der Waals surface area (Å²) in [6.45, 7) is 3.00. The monoisotopic (exact) mass is 291 g/mol. The Bertz CT molecular complexity index is 688. The van der Waals surface area contributed by atoms with Crippen LogP contribution in [0.3, 0.4) is 0 Å². The Balaban J connectivity index is 2.45. The van der Waals surface area contributed by atoms with Crippen LogP contribution in [0.4, 0.5) is 14.5 Å². The molecule has 5 heteroatoms. The summed E-state index contributed by atoms with van der Waals surface area (Å²) >= 11 is 0. The molecule has 0 spiro atoms. The van der Waals surface area contributed by atoms with Crippen molar-refractivity contribution in [3.63, 3.8) is 0 Å². The number of anilines is 1. The molecule has 0 saturated heterocycles. The minimum absolute atomic E-state index is 0.252. The zero-order valence-corrected chi connectivity index (χ0v) is 11.7. The Morgan fingerprint density at radius 2 is 1.90 bits per heavy atom. The average molecular weight is 291 g/mol. The number of rotatable bonds is 4. The molecule has 0 saturated carbocycles. The number of carboxylic acids is 1. The predicted octanol–water partition coefficient (Wildman–Crippen LogP) is 3.69. The molecule has 0 radical (unpaired) electrons. The Labute approximate surface area is 121 Å². The number of hydrogen-bond acceptors (Lipinski definition) is 2. The summed E-state index contributed by atoms with van der Waals surface area (Å²) < 4.78 is 26.9. The molecule has 0 aliphatic carbocycles. The van der Waals surface area contributed by atoms with Gasteiger partial charge in [-0.15, -0.1) is 0 Å². The van der Waals surface area contributed by atoms with Gasteiger partial charge in [0.15, 0.2) is 5.54 Å². The summed E-state index contributed by atoms with van der Waals surface area (Å²) in [7, 11) is 0. The molecule has 21 heavy (non-hydrogen) atoms. The Morgan fingerprint density at radius 3 is 2.48 bits per heavy atom. The van der Waals surface area contributed by atoms with E-state index in [4.69, 9.17) is 0 Å². The van der Waals surface area contributed by atoms with Crippen LogP contribution in [-0.4, -0.2) is 11.1 Å². The van der Waals surface area contributed by atoms with Gasteiger partial charge in [0, 0.05) is 5.69 Å². The van der Waals surface area contributed by atoms with Gasteiger partial charge in [0.1, 0.15) is 11.6 Å². The first-order valence-corrected chi connectivity index (χ1v) is 6.37. The first-order valence-electron chi connectivity index (χ1n) is 6.37. The lowest BCUT2D eigenvalue weighted by molar-refractivity contribution is -0.142. The molecule has 0 aliphatic rings.